The van der Waals surface area contributed by atoms with Crippen LogP contribution in [0.5, 0.6) is 11.5 Å². The number of methoxy groups -OCH3 is 2. The van der Waals surface area contributed by atoms with Gasteiger partial charge in [0.25, 0.3) is 10.0 Å². The Morgan fingerprint density at radius 3 is 2.13 bits per heavy atom. The lowest BCUT2D eigenvalue weighted by Gasteiger charge is -2.34. The van der Waals surface area contributed by atoms with Crippen LogP contribution in [0.1, 0.15) is 29.2 Å². The van der Waals surface area contributed by atoms with Gasteiger partial charge in [-0.2, -0.15) is 0 Å². The number of sulfonamides is 1. The lowest BCUT2D eigenvalue weighted by atomic mass is 10.0. The second kappa shape index (κ2) is 15.4. The van der Waals surface area contributed by atoms with Crippen molar-refractivity contribution in [2.45, 2.75) is 44.7 Å². The van der Waals surface area contributed by atoms with Crippen molar-refractivity contribution < 1.29 is 27.5 Å². The minimum absolute atomic E-state index is 0.00516. The standard InChI is InChI=1S/C36H41N3O6S/c1-6-37-36(41)33(22-28-12-8-7-9-13-28)38(24-29-14-10-11-27(3)21-29)35(40)25-39(32-23-30(44-4)17-20-34(32)45-5)46(42,43)31-18-15-26(2)16-19-31/h7-21,23,33H,6,22,24-25H2,1-5H3,(H,37,41)/t33-/m0/s1. The molecule has 0 aliphatic rings. The number of ether oxygens (including phenoxy) is 2. The maximum absolute atomic E-state index is 14.6. The fraction of sp³-hybridized carbons (Fsp3) is 0.278. The van der Waals surface area contributed by atoms with Crippen molar-refractivity contribution in [2.75, 3.05) is 31.6 Å². The van der Waals surface area contributed by atoms with E-state index in [1.54, 1.807) is 24.3 Å². The molecule has 0 saturated heterocycles. The zero-order valence-electron chi connectivity index (χ0n) is 26.9. The van der Waals surface area contributed by atoms with E-state index in [1.807, 2.05) is 75.4 Å². The fourth-order valence-corrected chi connectivity index (χ4v) is 6.61. The predicted octanol–water partition coefficient (Wildman–Crippen LogP) is 5.29. The summed E-state index contributed by atoms with van der Waals surface area (Å²) < 4.78 is 40.7. The quantitative estimate of drug-likeness (QED) is 0.200. The van der Waals surface area contributed by atoms with E-state index in [-0.39, 0.29) is 35.2 Å². The van der Waals surface area contributed by atoms with Crippen molar-refractivity contribution >= 4 is 27.5 Å². The highest BCUT2D eigenvalue weighted by atomic mass is 32.2. The molecule has 0 spiro atoms. The molecule has 242 valence electrons. The zero-order valence-corrected chi connectivity index (χ0v) is 27.7. The van der Waals surface area contributed by atoms with Crippen LogP contribution in [0.25, 0.3) is 0 Å². The maximum atomic E-state index is 14.6. The number of nitrogens with zero attached hydrogens (tertiary/aromatic N) is 2. The van der Waals surface area contributed by atoms with E-state index in [1.165, 1.54) is 37.3 Å². The number of carbonyl (C=O) groups excluding carboxylic acids is 2. The second-order valence-electron chi connectivity index (χ2n) is 11.0. The fourth-order valence-electron chi connectivity index (χ4n) is 5.20. The molecule has 0 aliphatic carbocycles. The van der Waals surface area contributed by atoms with E-state index < -0.39 is 28.5 Å². The van der Waals surface area contributed by atoms with E-state index in [0.717, 1.165) is 26.6 Å². The van der Waals surface area contributed by atoms with Gasteiger partial charge in [0.05, 0.1) is 24.8 Å². The molecule has 0 heterocycles. The molecule has 0 saturated carbocycles. The number of aryl methyl sites for hydroxylation is 2. The van der Waals surface area contributed by atoms with Crippen molar-refractivity contribution in [3.63, 3.8) is 0 Å². The number of hydrogen-bond acceptors (Lipinski definition) is 6. The number of nitrogens with one attached hydrogen (secondary N) is 1. The lowest BCUT2D eigenvalue weighted by Crippen LogP contribution is -2.53. The first kappa shape index (κ1) is 34.1. The van der Waals surface area contributed by atoms with Gasteiger partial charge in [-0.15, -0.1) is 0 Å². The van der Waals surface area contributed by atoms with E-state index >= 15 is 0 Å². The van der Waals surface area contributed by atoms with Crippen LogP contribution in [0, 0.1) is 13.8 Å². The first-order chi connectivity index (χ1) is 22.1. The Hall–Kier alpha value is -4.83. The molecule has 0 radical (unpaired) electrons. The smallest absolute Gasteiger partial charge is 0.264 e. The SMILES string of the molecule is CCNC(=O)[C@H](Cc1ccccc1)N(Cc1cccc(C)c1)C(=O)CN(c1cc(OC)ccc1OC)S(=O)(=O)c1ccc(C)cc1. The highest BCUT2D eigenvalue weighted by molar-refractivity contribution is 7.92. The largest absolute Gasteiger partial charge is 0.497 e. The van der Waals surface area contributed by atoms with Crippen LogP contribution < -0.4 is 19.1 Å². The number of carbonyl (C=O) groups is 2. The van der Waals surface area contributed by atoms with Crippen LogP contribution in [0.2, 0.25) is 0 Å². The van der Waals surface area contributed by atoms with Gasteiger partial charge in [-0.25, -0.2) is 8.42 Å². The Bertz CT molecular complexity index is 1740. The van der Waals surface area contributed by atoms with Crippen LogP contribution in [-0.2, 0) is 32.6 Å². The van der Waals surface area contributed by atoms with E-state index in [9.17, 15) is 18.0 Å². The van der Waals surface area contributed by atoms with Crippen LogP contribution in [0.15, 0.2) is 102 Å². The molecule has 10 heteroatoms. The number of rotatable bonds is 14. The summed E-state index contributed by atoms with van der Waals surface area (Å²) in [5.41, 5.74) is 3.67. The number of hydrogen-bond donors (Lipinski definition) is 1. The van der Waals surface area contributed by atoms with Crippen LogP contribution in [0.3, 0.4) is 0 Å². The summed E-state index contributed by atoms with van der Waals surface area (Å²) in [5, 5.41) is 2.88. The Morgan fingerprint density at radius 2 is 1.50 bits per heavy atom. The Balaban J connectivity index is 1.86. The molecule has 4 rings (SSSR count). The minimum atomic E-state index is -4.30. The first-order valence-electron chi connectivity index (χ1n) is 15.1. The summed E-state index contributed by atoms with van der Waals surface area (Å²) in [6, 6.07) is 27.4. The van der Waals surface area contributed by atoms with Crippen molar-refractivity contribution in [2.24, 2.45) is 0 Å². The van der Waals surface area contributed by atoms with Crippen molar-refractivity contribution in [1.82, 2.24) is 10.2 Å². The summed E-state index contributed by atoms with van der Waals surface area (Å²) in [5.74, 6) is -0.277. The normalized spacial score (nSPS) is 11.8. The number of amides is 2. The minimum Gasteiger partial charge on any atom is -0.497 e. The molecule has 46 heavy (non-hydrogen) atoms. The average molecular weight is 644 g/mol. The predicted molar refractivity (Wildman–Crippen MR) is 180 cm³/mol. The summed E-state index contributed by atoms with van der Waals surface area (Å²) in [4.78, 5) is 29.8. The number of benzene rings is 4. The Labute approximate surface area is 271 Å². The van der Waals surface area contributed by atoms with Crippen molar-refractivity contribution in [3.8, 4) is 11.5 Å². The molecule has 9 nitrogen and oxygen atoms in total. The van der Waals surface area contributed by atoms with Crippen LogP contribution >= 0.6 is 0 Å². The third-order valence-electron chi connectivity index (χ3n) is 7.60. The Kier molecular flexibility index (Phi) is 11.4. The topological polar surface area (TPSA) is 105 Å². The number of likely N-dealkylation sites (N-methyl/N-ethyl adjacent to an activating group) is 1. The van der Waals surface area contributed by atoms with Gasteiger partial charge in [0.2, 0.25) is 11.8 Å². The summed E-state index contributed by atoms with van der Waals surface area (Å²) in [6.07, 6.45) is 0.234. The Morgan fingerprint density at radius 1 is 0.804 bits per heavy atom. The molecule has 1 N–H and O–H groups in total. The van der Waals surface area contributed by atoms with E-state index in [4.69, 9.17) is 9.47 Å². The molecular formula is C36H41N3O6S. The van der Waals surface area contributed by atoms with Gasteiger partial charge in [-0.3, -0.25) is 13.9 Å². The molecule has 2 amide bonds. The molecule has 1 atom stereocenters. The average Bonchev–Trinajstić information content (AvgIpc) is 3.05. The summed E-state index contributed by atoms with van der Waals surface area (Å²) >= 11 is 0. The van der Waals surface area contributed by atoms with E-state index in [2.05, 4.69) is 5.32 Å². The van der Waals surface area contributed by atoms with Gasteiger partial charge < -0.3 is 19.7 Å². The molecule has 0 bridgehead atoms. The van der Waals surface area contributed by atoms with E-state index in [0.29, 0.717) is 12.3 Å². The van der Waals surface area contributed by atoms with Gasteiger partial charge in [-0.1, -0.05) is 77.9 Å². The molecular weight excluding hydrogens is 602 g/mol. The summed E-state index contributed by atoms with van der Waals surface area (Å²) in [7, 11) is -1.40. The lowest BCUT2D eigenvalue weighted by molar-refractivity contribution is -0.140. The van der Waals surface area contributed by atoms with Crippen LogP contribution in [-0.4, -0.2) is 58.5 Å². The maximum Gasteiger partial charge on any atom is 0.264 e. The highest BCUT2D eigenvalue weighted by Crippen LogP contribution is 2.36. The van der Waals surface area contributed by atoms with Gasteiger partial charge in [0, 0.05) is 25.6 Å². The van der Waals surface area contributed by atoms with Gasteiger partial charge in [-0.05, 0) is 56.2 Å². The molecule has 0 unspecified atom stereocenters. The highest BCUT2D eigenvalue weighted by Gasteiger charge is 2.35. The first-order valence-corrected chi connectivity index (χ1v) is 16.5. The molecule has 0 aliphatic heterocycles. The monoisotopic (exact) mass is 643 g/mol. The molecule has 4 aromatic rings. The van der Waals surface area contributed by atoms with Gasteiger partial charge >= 0.3 is 0 Å². The molecule has 0 fully saturated rings. The van der Waals surface area contributed by atoms with Gasteiger partial charge in [0.1, 0.15) is 24.1 Å². The summed E-state index contributed by atoms with van der Waals surface area (Å²) in [6.45, 7) is 5.48. The molecule has 0 aromatic heterocycles. The van der Waals surface area contributed by atoms with Crippen molar-refractivity contribution in [3.05, 3.63) is 119 Å². The third-order valence-corrected chi connectivity index (χ3v) is 9.37. The number of anilines is 1. The van der Waals surface area contributed by atoms with Crippen molar-refractivity contribution in [1.29, 1.82) is 0 Å². The zero-order chi connectivity index (χ0) is 33.3. The molecule has 4 aromatic carbocycles. The van der Waals surface area contributed by atoms with Gasteiger partial charge in [0.15, 0.2) is 0 Å². The van der Waals surface area contributed by atoms with Crippen LogP contribution in [0.4, 0.5) is 5.69 Å². The second-order valence-corrected chi connectivity index (χ2v) is 12.8. The third kappa shape index (κ3) is 8.25.